The predicted octanol–water partition coefficient (Wildman–Crippen LogP) is 4.17. The molecule has 2 bridgehead atoms. The fraction of sp³-hybridized carbons (Fsp3) is 0.625. The van der Waals surface area contributed by atoms with Gasteiger partial charge < -0.3 is 5.32 Å². The Morgan fingerprint density at radius 3 is 2.83 bits per heavy atom. The third kappa shape index (κ3) is 2.57. The van der Waals surface area contributed by atoms with Gasteiger partial charge in [-0.2, -0.15) is 0 Å². The van der Waals surface area contributed by atoms with Crippen molar-refractivity contribution in [2.24, 2.45) is 17.8 Å². The molecule has 1 aromatic rings. The molecule has 2 heteroatoms. The van der Waals surface area contributed by atoms with E-state index in [2.05, 4.69) is 24.4 Å². The number of hydrogen-bond acceptors (Lipinski definition) is 1. The predicted molar refractivity (Wildman–Crippen MR) is 76.8 cm³/mol. The van der Waals surface area contributed by atoms with Crippen molar-refractivity contribution in [3.8, 4) is 0 Å². The minimum atomic E-state index is 0.837. The van der Waals surface area contributed by atoms with E-state index >= 15 is 0 Å². The SMILES string of the molecule is Cc1cc(Cl)ccc1CNCC1CC2CCC1C2. The Balaban J connectivity index is 1.50. The zero-order valence-electron chi connectivity index (χ0n) is 11.1. The second-order valence-electron chi connectivity index (χ2n) is 6.14. The fourth-order valence-electron chi connectivity index (χ4n) is 3.88. The molecule has 98 valence electrons. The molecular weight excluding hydrogens is 242 g/mol. The average molecular weight is 264 g/mol. The number of aryl methyl sites for hydroxylation is 1. The third-order valence-corrected chi connectivity index (χ3v) is 5.15. The first kappa shape index (κ1) is 12.5. The van der Waals surface area contributed by atoms with E-state index in [4.69, 9.17) is 11.6 Å². The molecule has 0 aromatic heterocycles. The quantitative estimate of drug-likeness (QED) is 0.860. The molecule has 0 saturated heterocycles. The molecule has 1 N–H and O–H groups in total. The van der Waals surface area contributed by atoms with E-state index in [0.717, 1.165) is 29.3 Å². The van der Waals surface area contributed by atoms with Gasteiger partial charge in [0.1, 0.15) is 0 Å². The zero-order valence-corrected chi connectivity index (χ0v) is 11.8. The molecule has 3 unspecified atom stereocenters. The van der Waals surface area contributed by atoms with Crippen LogP contribution in [-0.4, -0.2) is 6.54 Å². The van der Waals surface area contributed by atoms with E-state index in [1.54, 1.807) is 0 Å². The van der Waals surface area contributed by atoms with Gasteiger partial charge in [0.15, 0.2) is 0 Å². The molecule has 0 amide bonds. The molecule has 0 heterocycles. The first-order valence-electron chi connectivity index (χ1n) is 7.18. The maximum absolute atomic E-state index is 5.98. The maximum Gasteiger partial charge on any atom is 0.0408 e. The average Bonchev–Trinajstić information content (AvgIpc) is 2.94. The molecule has 2 saturated carbocycles. The van der Waals surface area contributed by atoms with Gasteiger partial charge in [0.2, 0.25) is 0 Å². The lowest BCUT2D eigenvalue weighted by molar-refractivity contribution is 0.318. The van der Waals surface area contributed by atoms with E-state index in [9.17, 15) is 0 Å². The minimum Gasteiger partial charge on any atom is -0.312 e. The molecule has 3 rings (SSSR count). The lowest BCUT2D eigenvalue weighted by Gasteiger charge is -2.22. The Morgan fingerprint density at radius 2 is 2.17 bits per heavy atom. The van der Waals surface area contributed by atoms with Gasteiger partial charge in [0.25, 0.3) is 0 Å². The smallest absolute Gasteiger partial charge is 0.0408 e. The van der Waals surface area contributed by atoms with E-state index in [0.29, 0.717) is 0 Å². The highest BCUT2D eigenvalue weighted by atomic mass is 35.5. The molecule has 18 heavy (non-hydrogen) atoms. The van der Waals surface area contributed by atoms with E-state index in [-0.39, 0.29) is 0 Å². The van der Waals surface area contributed by atoms with Crippen LogP contribution in [-0.2, 0) is 6.54 Å². The van der Waals surface area contributed by atoms with E-state index < -0.39 is 0 Å². The number of rotatable bonds is 4. The van der Waals surface area contributed by atoms with Gasteiger partial charge in [0, 0.05) is 11.6 Å². The van der Waals surface area contributed by atoms with E-state index in [1.165, 1.54) is 43.4 Å². The summed E-state index contributed by atoms with van der Waals surface area (Å²) < 4.78 is 0. The normalized spacial score (nSPS) is 30.0. The Hall–Kier alpha value is -0.530. The number of nitrogens with one attached hydrogen (secondary N) is 1. The van der Waals surface area contributed by atoms with Gasteiger partial charge in [-0.15, -0.1) is 0 Å². The van der Waals surface area contributed by atoms with Crippen LogP contribution in [0, 0.1) is 24.7 Å². The van der Waals surface area contributed by atoms with Crippen molar-refractivity contribution in [1.82, 2.24) is 5.32 Å². The van der Waals surface area contributed by atoms with Crippen molar-refractivity contribution in [2.45, 2.75) is 39.2 Å². The van der Waals surface area contributed by atoms with Crippen LogP contribution in [0.2, 0.25) is 5.02 Å². The van der Waals surface area contributed by atoms with Crippen LogP contribution in [0.4, 0.5) is 0 Å². The zero-order chi connectivity index (χ0) is 12.5. The highest BCUT2D eigenvalue weighted by molar-refractivity contribution is 6.30. The highest BCUT2D eigenvalue weighted by Crippen LogP contribution is 2.47. The van der Waals surface area contributed by atoms with Crippen molar-refractivity contribution in [3.05, 3.63) is 34.3 Å². The first-order chi connectivity index (χ1) is 8.72. The van der Waals surface area contributed by atoms with Gasteiger partial charge in [-0.05, 0) is 73.7 Å². The summed E-state index contributed by atoms with van der Waals surface area (Å²) in [5, 5.41) is 4.48. The topological polar surface area (TPSA) is 12.0 Å². The van der Waals surface area contributed by atoms with Crippen molar-refractivity contribution in [3.63, 3.8) is 0 Å². The molecular formula is C16H22ClN. The Morgan fingerprint density at radius 1 is 1.28 bits per heavy atom. The second-order valence-corrected chi connectivity index (χ2v) is 6.57. The van der Waals surface area contributed by atoms with Crippen LogP contribution < -0.4 is 5.32 Å². The highest BCUT2D eigenvalue weighted by Gasteiger charge is 2.38. The fourth-order valence-corrected chi connectivity index (χ4v) is 4.10. The van der Waals surface area contributed by atoms with Gasteiger partial charge in [-0.1, -0.05) is 24.1 Å². The van der Waals surface area contributed by atoms with E-state index in [1.807, 2.05) is 6.07 Å². The number of benzene rings is 1. The maximum atomic E-state index is 5.98. The van der Waals surface area contributed by atoms with Gasteiger partial charge in [0.05, 0.1) is 0 Å². The first-order valence-corrected chi connectivity index (χ1v) is 7.56. The molecule has 1 aromatic carbocycles. The second kappa shape index (κ2) is 5.22. The number of halogens is 1. The molecule has 3 atom stereocenters. The Bertz CT molecular complexity index is 429. The largest absolute Gasteiger partial charge is 0.312 e. The van der Waals surface area contributed by atoms with Crippen LogP contribution in [0.25, 0.3) is 0 Å². The summed E-state index contributed by atoms with van der Waals surface area (Å²) in [5.74, 6) is 3.02. The molecule has 2 aliphatic carbocycles. The van der Waals surface area contributed by atoms with Crippen LogP contribution in [0.5, 0.6) is 0 Å². The van der Waals surface area contributed by atoms with Crippen LogP contribution in [0.15, 0.2) is 18.2 Å². The lowest BCUT2D eigenvalue weighted by Crippen LogP contribution is -2.26. The molecule has 1 nitrogen and oxygen atoms in total. The number of fused-ring (bicyclic) bond motifs is 2. The van der Waals surface area contributed by atoms with Gasteiger partial charge >= 0.3 is 0 Å². The molecule has 0 spiro atoms. The molecule has 0 radical (unpaired) electrons. The minimum absolute atomic E-state index is 0.837. The Kier molecular flexibility index (Phi) is 3.63. The molecule has 0 aliphatic heterocycles. The summed E-state index contributed by atoms with van der Waals surface area (Å²) >= 11 is 5.98. The Labute approximate surface area is 115 Å². The van der Waals surface area contributed by atoms with Crippen molar-refractivity contribution >= 4 is 11.6 Å². The van der Waals surface area contributed by atoms with Crippen molar-refractivity contribution in [2.75, 3.05) is 6.54 Å². The monoisotopic (exact) mass is 263 g/mol. The van der Waals surface area contributed by atoms with Crippen LogP contribution in [0.3, 0.4) is 0 Å². The number of hydrogen-bond donors (Lipinski definition) is 1. The van der Waals surface area contributed by atoms with Crippen molar-refractivity contribution < 1.29 is 0 Å². The summed E-state index contributed by atoms with van der Waals surface area (Å²) in [6.45, 7) is 4.32. The summed E-state index contributed by atoms with van der Waals surface area (Å²) in [6.07, 6.45) is 5.96. The lowest BCUT2D eigenvalue weighted by atomic mass is 9.89. The summed E-state index contributed by atoms with van der Waals surface area (Å²) in [7, 11) is 0. The van der Waals surface area contributed by atoms with Crippen LogP contribution >= 0.6 is 11.6 Å². The summed E-state index contributed by atoms with van der Waals surface area (Å²) in [6, 6.07) is 6.19. The van der Waals surface area contributed by atoms with Crippen LogP contribution in [0.1, 0.15) is 36.8 Å². The van der Waals surface area contributed by atoms with Gasteiger partial charge in [-0.3, -0.25) is 0 Å². The molecule has 2 aliphatic rings. The summed E-state index contributed by atoms with van der Waals surface area (Å²) in [4.78, 5) is 0. The molecule has 2 fully saturated rings. The standard InChI is InChI=1S/C16H22ClN/c1-11-6-16(17)5-4-14(11)9-18-10-15-8-12-2-3-13(15)7-12/h4-6,12-13,15,18H,2-3,7-10H2,1H3. The van der Waals surface area contributed by atoms with Gasteiger partial charge in [-0.25, -0.2) is 0 Å². The summed E-state index contributed by atoms with van der Waals surface area (Å²) in [5.41, 5.74) is 2.67. The van der Waals surface area contributed by atoms with Crippen molar-refractivity contribution in [1.29, 1.82) is 0 Å². The third-order valence-electron chi connectivity index (χ3n) is 4.91.